The second-order valence-electron chi connectivity index (χ2n) is 3.48. The fraction of sp³-hybridized carbons (Fsp3) is 0.455. The van der Waals surface area contributed by atoms with E-state index in [9.17, 15) is 17.6 Å². The summed E-state index contributed by atoms with van der Waals surface area (Å²) in [6.45, 7) is -0.614. The first-order valence-corrected chi connectivity index (χ1v) is 5.24. The zero-order valence-corrected chi connectivity index (χ0v) is 9.47. The molecule has 1 aromatic carbocycles. The van der Waals surface area contributed by atoms with Gasteiger partial charge >= 0.3 is 6.36 Å². The van der Waals surface area contributed by atoms with E-state index in [1.165, 1.54) is 12.1 Å². The van der Waals surface area contributed by atoms with Crippen molar-refractivity contribution in [2.24, 2.45) is 5.73 Å². The number of hydrogen-bond acceptors (Lipinski definition) is 3. The first kappa shape index (κ1) is 14.7. The Morgan fingerprint density at radius 3 is 2.44 bits per heavy atom. The van der Waals surface area contributed by atoms with Gasteiger partial charge in [0.2, 0.25) is 0 Å². The van der Waals surface area contributed by atoms with Gasteiger partial charge in [0, 0.05) is 6.07 Å². The van der Waals surface area contributed by atoms with Crippen LogP contribution in [0.25, 0.3) is 0 Å². The standard InChI is InChI=1S/C11H13F4NO2/c12-9-5-8(1-2-16)6-10(7-9)17-3-4-18-11(13,14)15/h5-7H,1-4,16H2. The zero-order chi connectivity index (χ0) is 13.6. The van der Waals surface area contributed by atoms with Gasteiger partial charge < -0.3 is 10.5 Å². The minimum absolute atomic E-state index is 0.157. The van der Waals surface area contributed by atoms with Crippen LogP contribution in [0.15, 0.2) is 18.2 Å². The molecule has 0 saturated heterocycles. The van der Waals surface area contributed by atoms with E-state index in [2.05, 4.69) is 4.74 Å². The molecular weight excluding hydrogens is 254 g/mol. The minimum Gasteiger partial charge on any atom is -0.491 e. The van der Waals surface area contributed by atoms with Gasteiger partial charge in [-0.05, 0) is 30.7 Å². The lowest BCUT2D eigenvalue weighted by Crippen LogP contribution is -2.18. The molecule has 0 radical (unpaired) electrons. The molecule has 1 rings (SSSR count). The molecular formula is C11H13F4NO2. The number of nitrogens with two attached hydrogens (primary N) is 1. The summed E-state index contributed by atoms with van der Waals surface area (Å²) in [5, 5.41) is 0. The Labute approximate surface area is 101 Å². The Balaban J connectivity index is 2.46. The summed E-state index contributed by atoms with van der Waals surface area (Å²) in [6.07, 6.45) is -4.22. The highest BCUT2D eigenvalue weighted by atomic mass is 19.4. The average Bonchev–Trinajstić information content (AvgIpc) is 2.23. The van der Waals surface area contributed by atoms with Crippen LogP contribution in [0, 0.1) is 5.82 Å². The van der Waals surface area contributed by atoms with Crippen LogP contribution in [-0.4, -0.2) is 26.1 Å². The molecule has 0 heterocycles. The second-order valence-corrected chi connectivity index (χ2v) is 3.48. The Kier molecular flexibility index (Phi) is 5.36. The van der Waals surface area contributed by atoms with E-state index in [4.69, 9.17) is 10.5 Å². The van der Waals surface area contributed by atoms with Crippen LogP contribution in [0.1, 0.15) is 5.56 Å². The summed E-state index contributed by atoms with van der Waals surface area (Å²) in [5.41, 5.74) is 5.95. The third kappa shape index (κ3) is 5.83. The van der Waals surface area contributed by atoms with Crippen LogP contribution < -0.4 is 10.5 Å². The number of benzene rings is 1. The normalized spacial score (nSPS) is 11.6. The molecule has 102 valence electrons. The molecule has 0 amide bonds. The zero-order valence-electron chi connectivity index (χ0n) is 9.47. The number of ether oxygens (including phenoxy) is 2. The maximum absolute atomic E-state index is 13.1. The molecule has 7 heteroatoms. The van der Waals surface area contributed by atoms with Gasteiger partial charge in [0.05, 0.1) is 6.61 Å². The third-order valence-corrected chi connectivity index (χ3v) is 1.98. The quantitative estimate of drug-likeness (QED) is 0.635. The summed E-state index contributed by atoms with van der Waals surface area (Å²) in [4.78, 5) is 0. The molecule has 3 nitrogen and oxygen atoms in total. The lowest BCUT2D eigenvalue weighted by Gasteiger charge is -2.10. The van der Waals surface area contributed by atoms with E-state index in [0.717, 1.165) is 6.07 Å². The van der Waals surface area contributed by atoms with E-state index < -0.39 is 18.8 Å². The van der Waals surface area contributed by atoms with E-state index in [1.54, 1.807) is 0 Å². The molecule has 0 fully saturated rings. The molecule has 0 aliphatic carbocycles. The van der Waals surface area contributed by atoms with Crippen LogP contribution >= 0.6 is 0 Å². The molecule has 0 aromatic heterocycles. The molecule has 0 aliphatic rings. The topological polar surface area (TPSA) is 44.5 Å². The van der Waals surface area contributed by atoms with Crippen LogP contribution in [0.3, 0.4) is 0 Å². The van der Waals surface area contributed by atoms with Crippen molar-refractivity contribution in [3.63, 3.8) is 0 Å². The Morgan fingerprint density at radius 1 is 1.11 bits per heavy atom. The van der Waals surface area contributed by atoms with Gasteiger partial charge in [-0.2, -0.15) is 0 Å². The summed E-state index contributed by atoms with van der Waals surface area (Å²) in [7, 11) is 0. The van der Waals surface area contributed by atoms with Crippen molar-refractivity contribution in [1.82, 2.24) is 0 Å². The smallest absolute Gasteiger partial charge is 0.491 e. The fourth-order valence-corrected chi connectivity index (χ4v) is 1.33. The molecule has 2 N–H and O–H groups in total. The maximum Gasteiger partial charge on any atom is 0.522 e. The van der Waals surface area contributed by atoms with Crippen molar-refractivity contribution in [3.05, 3.63) is 29.6 Å². The monoisotopic (exact) mass is 267 g/mol. The minimum atomic E-state index is -4.68. The summed E-state index contributed by atoms with van der Waals surface area (Å²) in [5.74, 6) is -0.364. The van der Waals surface area contributed by atoms with Crippen LogP contribution in [-0.2, 0) is 11.2 Å². The van der Waals surface area contributed by atoms with Gasteiger partial charge in [-0.15, -0.1) is 13.2 Å². The van der Waals surface area contributed by atoms with E-state index in [1.807, 2.05) is 0 Å². The van der Waals surface area contributed by atoms with Gasteiger partial charge in [0.1, 0.15) is 18.2 Å². The van der Waals surface area contributed by atoms with Crippen molar-refractivity contribution < 1.29 is 27.0 Å². The van der Waals surface area contributed by atoms with E-state index in [0.29, 0.717) is 18.5 Å². The fourth-order valence-electron chi connectivity index (χ4n) is 1.33. The average molecular weight is 267 g/mol. The predicted molar refractivity (Wildman–Crippen MR) is 56.7 cm³/mol. The van der Waals surface area contributed by atoms with Crippen molar-refractivity contribution in [2.75, 3.05) is 19.8 Å². The number of hydrogen-bond donors (Lipinski definition) is 1. The lowest BCUT2D eigenvalue weighted by molar-refractivity contribution is -0.325. The SMILES string of the molecule is NCCc1cc(F)cc(OCCOC(F)(F)F)c1. The molecule has 0 aliphatic heterocycles. The first-order chi connectivity index (χ1) is 8.40. The molecule has 0 atom stereocenters. The number of rotatable bonds is 6. The van der Waals surface area contributed by atoms with Crippen molar-refractivity contribution >= 4 is 0 Å². The third-order valence-electron chi connectivity index (χ3n) is 1.98. The van der Waals surface area contributed by atoms with Crippen molar-refractivity contribution in [2.45, 2.75) is 12.8 Å². The first-order valence-electron chi connectivity index (χ1n) is 5.24. The molecule has 0 saturated carbocycles. The van der Waals surface area contributed by atoms with Gasteiger partial charge in [-0.1, -0.05) is 0 Å². The molecule has 1 aromatic rings. The highest BCUT2D eigenvalue weighted by Gasteiger charge is 2.28. The Hall–Kier alpha value is -1.34. The molecule has 0 spiro atoms. The van der Waals surface area contributed by atoms with E-state index >= 15 is 0 Å². The maximum atomic E-state index is 13.1. The predicted octanol–water partition coefficient (Wildman–Crippen LogP) is 2.24. The number of halogens is 4. The Morgan fingerprint density at radius 2 is 1.83 bits per heavy atom. The van der Waals surface area contributed by atoms with Crippen molar-refractivity contribution in [3.8, 4) is 5.75 Å². The van der Waals surface area contributed by atoms with Crippen LogP contribution in [0.5, 0.6) is 5.75 Å². The van der Waals surface area contributed by atoms with Gasteiger partial charge in [0.15, 0.2) is 0 Å². The van der Waals surface area contributed by atoms with Crippen LogP contribution in [0.4, 0.5) is 17.6 Å². The second kappa shape index (κ2) is 6.55. The largest absolute Gasteiger partial charge is 0.522 e. The van der Waals surface area contributed by atoms with E-state index in [-0.39, 0.29) is 12.4 Å². The lowest BCUT2D eigenvalue weighted by atomic mass is 10.1. The summed E-state index contributed by atoms with van der Waals surface area (Å²) in [6, 6.07) is 3.92. The Bertz CT molecular complexity index is 382. The number of alkyl halides is 3. The highest BCUT2D eigenvalue weighted by Crippen LogP contribution is 2.18. The highest BCUT2D eigenvalue weighted by molar-refractivity contribution is 5.29. The van der Waals surface area contributed by atoms with Crippen molar-refractivity contribution in [1.29, 1.82) is 0 Å². The molecule has 0 bridgehead atoms. The van der Waals surface area contributed by atoms with Gasteiger partial charge in [0.25, 0.3) is 0 Å². The molecule has 18 heavy (non-hydrogen) atoms. The van der Waals surface area contributed by atoms with Gasteiger partial charge in [-0.25, -0.2) is 4.39 Å². The molecule has 0 unspecified atom stereocenters. The van der Waals surface area contributed by atoms with Gasteiger partial charge in [-0.3, -0.25) is 4.74 Å². The summed E-state index contributed by atoms with van der Waals surface area (Å²) >= 11 is 0. The summed E-state index contributed by atoms with van der Waals surface area (Å²) < 4.78 is 56.6. The van der Waals surface area contributed by atoms with Crippen LogP contribution in [0.2, 0.25) is 0 Å².